The first-order valence-corrected chi connectivity index (χ1v) is 8.45. The number of fused-ring (bicyclic) bond motifs is 2. The third kappa shape index (κ3) is 4.10. The second kappa shape index (κ2) is 9.30. The number of halogens is 3. The van der Waals surface area contributed by atoms with Crippen LogP contribution in [0, 0.1) is 0 Å². The normalized spacial score (nSPS) is 13.2. The minimum Gasteiger partial charge on any atom is -0.355 e. The molecule has 3 aromatic heterocycles. The highest BCUT2D eigenvalue weighted by atomic mass is 35.5. The van der Waals surface area contributed by atoms with Gasteiger partial charge in [-0.05, 0) is 48.9 Å². The van der Waals surface area contributed by atoms with Crippen molar-refractivity contribution in [2.75, 3.05) is 18.4 Å². The number of benzene rings is 1. The molecular formula is C19H21Cl3N6. The number of H-pyrrole nitrogens is 2. The number of hydrogen-bond acceptors (Lipinski definition) is 4. The van der Waals surface area contributed by atoms with Crippen LogP contribution in [-0.2, 0) is 0 Å². The lowest BCUT2D eigenvalue weighted by Gasteiger charge is -2.12. The molecule has 0 aliphatic carbocycles. The molecule has 0 amide bonds. The summed E-state index contributed by atoms with van der Waals surface area (Å²) in [5, 5.41) is 16.1. The van der Waals surface area contributed by atoms with E-state index in [1.807, 2.05) is 24.5 Å². The van der Waals surface area contributed by atoms with Gasteiger partial charge in [-0.25, -0.2) is 4.98 Å². The zero-order valence-electron chi connectivity index (χ0n) is 14.9. The minimum absolute atomic E-state index is 0. The number of nitrogens with zero attached hydrogens (tertiary/aromatic N) is 2. The van der Waals surface area contributed by atoms with Crippen LogP contribution >= 0.6 is 37.2 Å². The van der Waals surface area contributed by atoms with E-state index in [2.05, 4.69) is 55.1 Å². The van der Waals surface area contributed by atoms with Gasteiger partial charge in [-0.3, -0.25) is 5.10 Å². The molecular weight excluding hydrogens is 419 g/mol. The number of anilines is 2. The Hall–Kier alpha value is -2.25. The molecule has 4 aromatic rings. The second-order valence-electron chi connectivity index (χ2n) is 6.28. The first-order chi connectivity index (χ1) is 12.4. The van der Waals surface area contributed by atoms with Gasteiger partial charge in [0.2, 0.25) is 0 Å². The molecule has 0 spiro atoms. The van der Waals surface area contributed by atoms with Gasteiger partial charge in [0.05, 0.1) is 17.4 Å². The average Bonchev–Trinajstić information content (AvgIpc) is 3.29. The van der Waals surface area contributed by atoms with Crippen molar-refractivity contribution in [3.8, 4) is 0 Å². The zero-order chi connectivity index (χ0) is 16.6. The summed E-state index contributed by atoms with van der Waals surface area (Å²) in [5.74, 6) is 0. The fourth-order valence-electron chi connectivity index (χ4n) is 3.35. The predicted octanol–water partition coefficient (Wildman–Crippen LogP) is 4.82. The van der Waals surface area contributed by atoms with Gasteiger partial charge < -0.3 is 15.6 Å². The molecule has 0 saturated heterocycles. The Labute approximate surface area is 180 Å². The Morgan fingerprint density at radius 1 is 1.04 bits per heavy atom. The van der Waals surface area contributed by atoms with Crippen molar-refractivity contribution in [2.24, 2.45) is 0 Å². The molecule has 1 aromatic carbocycles. The van der Waals surface area contributed by atoms with E-state index >= 15 is 0 Å². The molecule has 0 fully saturated rings. The Kier molecular flexibility index (Phi) is 7.32. The summed E-state index contributed by atoms with van der Waals surface area (Å²) < 4.78 is 0. The molecule has 28 heavy (non-hydrogen) atoms. The highest BCUT2D eigenvalue weighted by Crippen LogP contribution is 2.30. The third-order valence-electron chi connectivity index (χ3n) is 4.66. The molecule has 9 heteroatoms. The van der Waals surface area contributed by atoms with Crippen LogP contribution in [0.4, 0.5) is 11.4 Å². The topological polar surface area (TPSA) is 81.4 Å². The van der Waals surface area contributed by atoms with Gasteiger partial charge in [0.25, 0.3) is 0 Å². The quantitative estimate of drug-likeness (QED) is 0.369. The van der Waals surface area contributed by atoms with Crippen LogP contribution in [0.5, 0.6) is 0 Å². The van der Waals surface area contributed by atoms with Gasteiger partial charge in [-0.15, -0.1) is 37.2 Å². The Bertz CT molecular complexity index is 1100. The fraction of sp³-hybridized carbons (Fsp3) is 0.158. The molecule has 148 valence electrons. The van der Waals surface area contributed by atoms with E-state index in [1.54, 1.807) is 0 Å². The first kappa shape index (κ1) is 22.0. The lowest BCUT2D eigenvalue weighted by molar-refractivity contribution is 0.737. The lowest BCUT2D eigenvalue weighted by Crippen LogP contribution is -2.20. The standard InChI is InChI=1S/C19H18N6.3ClH/c1-2-16-13(11-22-25-16)9-14(1)23-17-5-8-21-19-15(17)10-18(24-19)12-3-6-20-7-4-12;;;/h1-3,5,8-11,20H,4,6-7H2,(H,22,25)(H2,21,23,24);3*1H. The Morgan fingerprint density at radius 3 is 2.75 bits per heavy atom. The van der Waals surface area contributed by atoms with E-state index in [0.717, 1.165) is 58.5 Å². The monoisotopic (exact) mass is 438 g/mol. The lowest BCUT2D eigenvalue weighted by atomic mass is 10.1. The molecule has 5 rings (SSSR count). The molecule has 0 unspecified atom stereocenters. The van der Waals surface area contributed by atoms with Crippen LogP contribution in [0.1, 0.15) is 12.1 Å². The fourth-order valence-corrected chi connectivity index (χ4v) is 3.35. The van der Waals surface area contributed by atoms with Gasteiger partial charge in [-0.1, -0.05) is 6.08 Å². The minimum atomic E-state index is 0. The summed E-state index contributed by atoms with van der Waals surface area (Å²) in [6.45, 7) is 1.94. The van der Waals surface area contributed by atoms with Crippen molar-refractivity contribution in [2.45, 2.75) is 6.42 Å². The molecule has 1 aliphatic rings. The summed E-state index contributed by atoms with van der Waals surface area (Å²) in [5.41, 5.74) is 6.53. The van der Waals surface area contributed by atoms with E-state index in [-0.39, 0.29) is 37.2 Å². The van der Waals surface area contributed by atoms with Gasteiger partial charge in [0, 0.05) is 34.9 Å². The molecule has 0 atom stereocenters. The zero-order valence-corrected chi connectivity index (χ0v) is 17.3. The summed E-state index contributed by atoms with van der Waals surface area (Å²) >= 11 is 0. The average molecular weight is 440 g/mol. The van der Waals surface area contributed by atoms with Crippen molar-refractivity contribution >= 4 is 76.1 Å². The highest BCUT2D eigenvalue weighted by molar-refractivity contribution is 5.95. The Morgan fingerprint density at radius 2 is 1.93 bits per heavy atom. The van der Waals surface area contributed by atoms with E-state index in [0.29, 0.717) is 0 Å². The predicted molar refractivity (Wildman–Crippen MR) is 123 cm³/mol. The SMILES string of the molecule is C1=C(c2cc3c(Nc4ccc5[nH]ncc5c4)ccnc3[nH]2)CCNC1.Cl.Cl.Cl. The van der Waals surface area contributed by atoms with Crippen LogP contribution in [0.2, 0.25) is 0 Å². The number of rotatable bonds is 3. The molecule has 4 heterocycles. The van der Waals surface area contributed by atoms with Crippen LogP contribution in [0.15, 0.2) is 48.8 Å². The maximum absolute atomic E-state index is 4.49. The summed E-state index contributed by atoms with van der Waals surface area (Å²) in [4.78, 5) is 7.94. The van der Waals surface area contributed by atoms with Crippen LogP contribution in [-0.4, -0.2) is 33.3 Å². The molecule has 0 saturated carbocycles. The molecule has 1 aliphatic heterocycles. The van der Waals surface area contributed by atoms with Gasteiger partial charge >= 0.3 is 0 Å². The van der Waals surface area contributed by atoms with Gasteiger partial charge in [0.1, 0.15) is 5.65 Å². The number of aromatic nitrogens is 4. The van der Waals surface area contributed by atoms with Crippen LogP contribution < -0.4 is 10.6 Å². The summed E-state index contributed by atoms with van der Waals surface area (Å²) in [7, 11) is 0. The Balaban J connectivity index is 0.000000934. The first-order valence-electron chi connectivity index (χ1n) is 8.45. The van der Waals surface area contributed by atoms with E-state index in [1.165, 1.54) is 5.57 Å². The maximum atomic E-state index is 4.49. The van der Waals surface area contributed by atoms with Crippen molar-refractivity contribution in [1.29, 1.82) is 0 Å². The van der Waals surface area contributed by atoms with Crippen LogP contribution in [0.25, 0.3) is 27.5 Å². The molecule has 0 bridgehead atoms. The third-order valence-corrected chi connectivity index (χ3v) is 4.66. The van der Waals surface area contributed by atoms with E-state index < -0.39 is 0 Å². The summed E-state index contributed by atoms with van der Waals surface area (Å²) in [6.07, 6.45) is 6.94. The number of nitrogens with one attached hydrogen (secondary N) is 4. The highest BCUT2D eigenvalue weighted by Gasteiger charge is 2.12. The number of pyridine rings is 1. The number of aromatic amines is 2. The van der Waals surface area contributed by atoms with E-state index in [9.17, 15) is 0 Å². The molecule has 0 radical (unpaired) electrons. The second-order valence-corrected chi connectivity index (χ2v) is 6.28. The van der Waals surface area contributed by atoms with Gasteiger partial charge in [-0.2, -0.15) is 5.10 Å². The molecule has 4 N–H and O–H groups in total. The van der Waals surface area contributed by atoms with Crippen molar-refractivity contribution in [3.05, 3.63) is 54.5 Å². The smallest absolute Gasteiger partial charge is 0.139 e. The van der Waals surface area contributed by atoms with Crippen molar-refractivity contribution in [1.82, 2.24) is 25.5 Å². The van der Waals surface area contributed by atoms with Crippen molar-refractivity contribution in [3.63, 3.8) is 0 Å². The number of hydrogen-bond donors (Lipinski definition) is 4. The van der Waals surface area contributed by atoms with Gasteiger partial charge in [0.15, 0.2) is 0 Å². The van der Waals surface area contributed by atoms with E-state index in [4.69, 9.17) is 0 Å². The summed E-state index contributed by atoms with van der Waals surface area (Å²) in [6, 6.07) is 10.4. The van der Waals surface area contributed by atoms with Crippen molar-refractivity contribution < 1.29 is 0 Å². The molecule has 6 nitrogen and oxygen atoms in total. The maximum Gasteiger partial charge on any atom is 0.139 e. The largest absolute Gasteiger partial charge is 0.355 e. The van der Waals surface area contributed by atoms with Crippen LogP contribution in [0.3, 0.4) is 0 Å².